The monoisotopic (exact) mass is 210 g/mol. The second-order valence-corrected chi connectivity index (χ2v) is 3.22. The van der Waals surface area contributed by atoms with Crippen LogP contribution < -0.4 is 16.2 Å². The first-order valence-corrected chi connectivity index (χ1v) is 4.54. The van der Waals surface area contributed by atoms with Crippen LogP contribution in [0, 0.1) is 0 Å². The molecule has 5 nitrogen and oxygen atoms in total. The van der Waals surface area contributed by atoms with E-state index in [1.807, 2.05) is 0 Å². The van der Waals surface area contributed by atoms with E-state index in [0.717, 1.165) is 0 Å². The van der Waals surface area contributed by atoms with Gasteiger partial charge in [0.05, 0.1) is 0 Å². The zero-order chi connectivity index (χ0) is 11.4. The molecule has 0 radical (unpaired) electrons. The maximum atomic E-state index is 10.9. The minimum absolute atomic E-state index is 0.0512. The molecule has 1 aromatic carbocycles. The average molecular weight is 210 g/mol. The van der Waals surface area contributed by atoms with Crippen molar-refractivity contribution in [3.8, 4) is 5.75 Å². The molecule has 5 N–H and O–H groups in total. The molecule has 0 spiro atoms. The van der Waals surface area contributed by atoms with E-state index in [1.165, 1.54) is 12.1 Å². The van der Waals surface area contributed by atoms with Gasteiger partial charge in [-0.2, -0.15) is 0 Å². The molecule has 0 saturated heterocycles. The van der Waals surface area contributed by atoms with Crippen molar-refractivity contribution in [3.05, 3.63) is 23.8 Å². The summed E-state index contributed by atoms with van der Waals surface area (Å²) in [7, 11) is 0. The van der Waals surface area contributed by atoms with Crippen LogP contribution in [0.3, 0.4) is 0 Å². The third kappa shape index (κ3) is 2.85. The van der Waals surface area contributed by atoms with Crippen molar-refractivity contribution >= 4 is 11.7 Å². The molecule has 5 heteroatoms. The molecule has 1 atom stereocenters. The zero-order valence-electron chi connectivity index (χ0n) is 8.43. The van der Waals surface area contributed by atoms with Gasteiger partial charge in [-0.05, 0) is 25.1 Å². The van der Waals surface area contributed by atoms with Crippen molar-refractivity contribution in [2.75, 3.05) is 12.3 Å². The summed E-state index contributed by atoms with van der Waals surface area (Å²) in [5.74, 6) is -0.781. The molecular formula is C10H14N2O3. The number of aromatic carboxylic acids is 1. The van der Waals surface area contributed by atoms with Crippen molar-refractivity contribution < 1.29 is 14.6 Å². The molecule has 0 aliphatic carbocycles. The van der Waals surface area contributed by atoms with Gasteiger partial charge >= 0.3 is 5.97 Å². The van der Waals surface area contributed by atoms with E-state index in [-0.39, 0.29) is 17.4 Å². The van der Waals surface area contributed by atoms with Gasteiger partial charge in [-0.3, -0.25) is 0 Å². The van der Waals surface area contributed by atoms with Crippen LogP contribution in [0.5, 0.6) is 5.75 Å². The van der Waals surface area contributed by atoms with Crippen LogP contribution in [0.15, 0.2) is 18.2 Å². The van der Waals surface area contributed by atoms with E-state index in [0.29, 0.717) is 12.2 Å². The summed E-state index contributed by atoms with van der Waals surface area (Å²) in [6.45, 7) is 2.09. The van der Waals surface area contributed by atoms with Crippen molar-refractivity contribution in [2.45, 2.75) is 13.0 Å². The van der Waals surface area contributed by atoms with Crippen LogP contribution in [0.2, 0.25) is 0 Å². The quantitative estimate of drug-likeness (QED) is 0.635. The summed E-state index contributed by atoms with van der Waals surface area (Å²) in [6, 6.07) is 4.48. The van der Waals surface area contributed by atoms with E-state index in [4.69, 9.17) is 21.3 Å². The van der Waals surface area contributed by atoms with Crippen LogP contribution in [0.25, 0.3) is 0 Å². The number of nitrogen functional groups attached to an aromatic ring is 1. The number of nitrogens with two attached hydrogens (primary N) is 2. The summed E-state index contributed by atoms with van der Waals surface area (Å²) in [6.07, 6.45) is -0.230. The van der Waals surface area contributed by atoms with Crippen LogP contribution in [0.4, 0.5) is 5.69 Å². The smallest absolute Gasteiger partial charge is 0.339 e. The number of ether oxygens (including phenoxy) is 1. The number of anilines is 1. The fourth-order valence-electron chi connectivity index (χ4n) is 1.08. The Morgan fingerprint density at radius 1 is 1.60 bits per heavy atom. The fraction of sp³-hybridized carbons (Fsp3) is 0.300. The number of hydrogen-bond acceptors (Lipinski definition) is 4. The fourth-order valence-corrected chi connectivity index (χ4v) is 1.08. The Labute approximate surface area is 87.6 Å². The predicted molar refractivity (Wildman–Crippen MR) is 57.0 cm³/mol. The molecule has 0 saturated carbocycles. The van der Waals surface area contributed by atoms with Gasteiger partial charge in [0, 0.05) is 12.2 Å². The molecule has 0 aliphatic rings. The lowest BCUT2D eigenvalue weighted by atomic mass is 10.2. The van der Waals surface area contributed by atoms with E-state index in [1.54, 1.807) is 13.0 Å². The first-order chi connectivity index (χ1) is 7.04. The summed E-state index contributed by atoms with van der Waals surface area (Å²) >= 11 is 0. The highest BCUT2D eigenvalue weighted by Crippen LogP contribution is 2.22. The lowest BCUT2D eigenvalue weighted by molar-refractivity contribution is 0.0690. The number of carbonyl (C=O) groups is 1. The highest BCUT2D eigenvalue weighted by molar-refractivity contribution is 5.92. The van der Waals surface area contributed by atoms with Gasteiger partial charge in [-0.15, -0.1) is 0 Å². The number of carboxylic acids is 1. The van der Waals surface area contributed by atoms with Gasteiger partial charge in [0.15, 0.2) is 0 Å². The zero-order valence-corrected chi connectivity index (χ0v) is 8.43. The van der Waals surface area contributed by atoms with Crippen LogP contribution in [-0.4, -0.2) is 23.7 Å². The van der Waals surface area contributed by atoms with E-state index < -0.39 is 5.97 Å². The highest BCUT2D eigenvalue weighted by Gasteiger charge is 2.13. The summed E-state index contributed by atoms with van der Waals surface area (Å²) in [5.41, 5.74) is 11.3. The van der Waals surface area contributed by atoms with Crippen molar-refractivity contribution in [2.24, 2.45) is 5.73 Å². The summed E-state index contributed by atoms with van der Waals surface area (Å²) in [5, 5.41) is 8.91. The topological polar surface area (TPSA) is 98.6 Å². The highest BCUT2D eigenvalue weighted by atomic mass is 16.5. The first-order valence-electron chi connectivity index (χ1n) is 4.54. The van der Waals surface area contributed by atoms with E-state index in [2.05, 4.69) is 0 Å². The predicted octanol–water partition coefficient (Wildman–Crippen LogP) is 0.693. The maximum absolute atomic E-state index is 10.9. The minimum atomic E-state index is -1.07. The SMILES string of the molecule is CC(CN)Oc1ccc(N)cc1C(=O)O. The third-order valence-corrected chi connectivity index (χ3v) is 1.89. The molecule has 0 aromatic heterocycles. The second-order valence-electron chi connectivity index (χ2n) is 3.22. The van der Waals surface area contributed by atoms with Gasteiger partial charge in [-0.1, -0.05) is 0 Å². The van der Waals surface area contributed by atoms with Gasteiger partial charge in [0.2, 0.25) is 0 Å². The van der Waals surface area contributed by atoms with Gasteiger partial charge in [0.1, 0.15) is 17.4 Å². The Morgan fingerprint density at radius 3 is 2.80 bits per heavy atom. The van der Waals surface area contributed by atoms with Crippen molar-refractivity contribution in [1.29, 1.82) is 0 Å². The average Bonchev–Trinajstić information content (AvgIpc) is 2.20. The molecule has 1 unspecified atom stereocenters. The first kappa shape index (κ1) is 11.3. The Hall–Kier alpha value is -1.75. The molecule has 0 aliphatic heterocycles. The number of carboxylic acid groups (broad SMARTS) is 1. The molecular weight excluding hydrogens is 196 g/mol. The van der Waals surface area contributed by atoms with Crippen molar-refractivity contribution in [1.82, 2.24) is 0 Å². The number of benzene rings is 1. The molecule has 0 fully saturated rings. The van der Waals surface area contributed by atoms with Crippen molar-refractivity contribution in [3.63, 3.8) is 0 Å². The van der Waals surface area contributed by atoms with Gasteiger partial charge < -0.3 is 21.3 Å². The molecule has 1 rings (SSSR count). The number of rotatable bonds is 4. The molecule has 0 amide bonds. The Bertz CT molecular complexity index is 366. The second kappa shape index (κ2) is 4.65. The Kier molecular flexibility index (Phi) is 3.51. The normalized spacial score (nSPS) is 12.1. The van der Waals surface area contributed by atoms with Gasteiger partial charge in [-0.25, -0.2) is 4.79 Å². The lowest BCUT2D eigenvalue weighted by Crippen LogP contribution is -2.23. The van der Waals surface area contributed by atoms with E-state index in [9.17, 15) is 4.79 Å². The molecule has 15 heavy (non-hydrogen) atoms. The Morgan fingerprint density at radius 2 is 2.27 bits per heavy atom. The molecule has 0 heterocycles. The summed E-state index contributed by atoms with van der Waals surface area (Å²) in [4.78, 5) is 10.9. The van der Waals surface area contributed by atoms with Crippen LogP contribution >= 0.6 is 0 Å². The van der Waals surface area contributed by atoms with E-state index >= 15 is 0 Å². The number of hydrogen-bond donors (Lipinski definition) is 3. The third-order valence-electron chi connectivity index (χ3n) is 1.89. The Balaban J connectivity index is 3.01. The molecule has 1 aromatic rings. The minimum Gasteiger partial charge on any atom is -0.488 e. The lowest BCUT2D eigenvalue weighted by Gasteiger charge is -2.14. The largest absolute Gasteiger partial charge is 0.488 e. The molecule has 0 bridgehead atoms. The van der Waals surface area contributed by atoms with Crippen LogP contribution in [-0.2, 0) is 0 Å². The molecule has 82 valence electrons. The van der Waals surface area contributed by atoms with Crippen LogP contribution in [0.1, 0.15) is 17.3 Å². The van der Waals surface area contributed by atoms with Gasteiger partial charge in [0.25, 0.3) is 0 Å². The maximum Gasteiger partial charge on any atom is 0.339 e. The summed E-state index contributed by atoms with van der Waals surface area (Å²) < 4.78 is 5.35. The standard InChI is InChI=1S/C10H14N2O3/c1-6(5-11)15-9-3-2-7(12)4-8(9)10(13)14/h2-4,6H,5,11-12H2,1H3,(H,13,14).